The number of aromatic nitrogens is 2. The van der Waals surface area contributed by atoms with Crippen LogP contribution in [-0.4, -0.2) is 21.4 Å². The SMILES string of the molecule is CCC[C@H](C)n1[nH]c(=O)c2c1NC(=O)CS[C@H]2c1ccc(Br)cc1. The number of nitrogens with zero attached hydrogens (tertiary/aromatic N) is 1. The van der Waals surface area contributed by atoms with Gasteiger partial charge < -0.3 is 5.32 Å². The van der Waals surface area contributed by atoms with Crippen molar-refractivity contribution in [1.29, 1.82) is 0 Å². The quantitative estimate of drug-likeness (QED) is 0.799. The molecule has 0 aliphatic carbocycles. The van der Waals surface area contributed by atoms with E-state index >= 15 is 0 Å². The van der Waals surface area contributed by atoms with Crippen LogP contribution in [0.4, 0.5) is 5.82 Å². The molecule has 0 saturated heterocycles. The topological polar surface area (TPSA) is 66.9 Å². The third kappa shape index (κ3) is 3.32. The van der Waals surface area contributed by atoms with E-state index in [-0.39, 0.29) is 22.8 Å². The van der Waals surface area contributed by atoms with Crippen molar-refractivity contribution in [2.75, 3.05) is 11.1 Å². The van der Waals surface area contributed by atoms with Crippen molar-refractivity contribution in [1.82, 2.24) is 9.78 Å². The highest BCUT2D eigenvalue weighted by atomic mass is 79.9. The van der Waals surface area contributed by atoms with Crippen molar-refractivity contribution in [2.24, 2.45) is 0 Å². The number of benzene rings is 1. The van der Waals surface area contributed by atoms with Crippen LogP contribution in [0.2, 0.25) is 0 Å². The Balaban J connectivity index is 2.11. The van der Waals surface area contributed by atoms with Gasteiger partial charge in [0.15, 0.2) is 0 Å². The molecule has 0 spiro atoms. The molecule has 0 unspecified atom stereocenters. The summed E-state index contributed by atoms with van der Waals surface area (Å²) in [4.78, 5) is 24.8. The summed E-state index contributed by atoms with van der Waals surface area (Å²) in [7, 11) is 0. The number of thioether (sulfide) groups is 1. The van der Waals surface area contributed by atoms with E-state index in [1.165, 1.54) is 11.8 Å². The first-order valence-corrected chi connectivity index (χ1v) is 9.86. The van der Waals surface area contributed by atoms with Crippen molar-refractivity contribution in [2.45, 2.75) is 38.0 Å². The average Bonchev–Trinajstić information content (AvgIpc) is 2.75. The van der Waals surface area contributed by atoms with Crippen molar-refractivity contribution < 1.29 is 4.79 Å². The molecular formula is C17H20BrN3O2S. The molecule has 1 aliphatic heterocycles. The first-order chi connectivity index (χ1) is 11.5. The highest BCUT2D eigenvalue weighted by molar-refractivity contribution is 9.10. The van der Waals surface area contributed by atoms with Gasteiger partial charge in [0.2, 0.25) is 5.91 Å². The van der Waals surface area contributed by atoms with Gasteiger partial charge in [0.1, 0.15) is 5.82 Å². The standard InChI is InChI=1S/C17H20BrN3O2S/c1-3-4-10(2)21-16-14(17(23)20-21)15(24-9-13(22)19-16)11-5-7-12(18)8-6-11/h5-8,10,15H,3-4,9H2,1-2H3,(H,19,22)(H,20,23)/t10-,15-/m0/s1. The van der Waals surface area contributed by atoms with Crippen LogP contribution >= 0.6 is 27.7 Å². The second-order valence-corrected chi connectivity index (χ2v) is 8.01. The van der Waals surface area contributed by atoms with Crippen molar-refractivity contribution in [3.05, 3.63) is 50.2 Å². The summed E-state index contributed by atoms with van der Waals surface area (Å²) < 4.78 is 2.80. The van der Waals surface area contributed by atoms with E-state index in [0.29, 0.717) is 17.1 Å². The number of rotatable bonds is 4. The zero-order valence-electron chi connectivity index (χ0n) is 13.6. The summed E-state index contributed by atoms with van der Waals surface area (Å²) in [5, 5.41) is 5.69. The second-order valence-electron chi connectivity index (χ2n) is 6.00. The van der Waals surface area contributed by atoms with Crippen LogP contribution in [-0.2, 0) is 4.79 Å². The lowest BCUT2D eigenvalue weighted by atomic mass is 10.1. The van der Waals surface area contributed by atoms with Gasteiger partial charge in [-0.05, 0) is 31.0 Å². The second kappa shape index (κ2) is 7.19. The fourth-order valence-corrected chi connectivity index (χ4v) is 4.41. The molecule has 2 atom stereocenters. The van der Waals surface area contributed by atoms with E-state index in [2.05, 4.69) is 40.2 Å². The zero-order chi connectivity index (χ0) is 17.3. The maximum Gasteiger partial charge on any atom is 0.270 e. The van der Waals surface area contributed by atoms with Gasteiger partial charge in [0, 0.05) is 10.5 Å². The average molecular weight is 410 g/mol. The van der Waals surface area contributed by atoms with E-state index in [1.54, 1.807) is 0 Å². The molecule has 7 heteroatoms. The lowest BCUT2D eigenvalue weighted by Crippen LogP contribution is -2.18. The molecule has 5 nitrogen and oxygen atoms in total. The Morgan fingerprint density at radius 3 is 2.71 bits per heavy atom. The molecule has 0 fully saturated rings. The lowest BCUT2D eigenvalue weighted by molar-refractivity contribution is -0.113. The highest BCUT2D eigenvalue weighted by Gasteiger charge is 2.31. The monoisotopic (exact) mass is 409 g/mol. The van der Waals surface area contributed by atoms with Crippen molar-refractivity contribution in [3.63, 3.8) is 0 Å². The van der Waals surface area contributed by atoms with Crippen molar-refractivity contribution in [3.8, 4) is 0 Å². The smallest absolute Gasteiger partial charge is 0.270 e. The largest absolute Gasteiger partial charge is 0.310 e. The van der Waals surface area contributed by atoms with Crippen LogP contribution in [0.15, 0.2) is 33.5 Å². The summed E-state index contributed by atoms with van der Waals surface area (Å²) >= 11 is 4.92. The van der Waals surface area contributed by atoms with Gasteiger partial charge in [-0.2, -0.15) is 0 Å². The van der Waals surface area contributed by atoms with E-state index in [0.717, 1.165) is 22.9 Å². The molecule has 1 amide bonds. The number of hydrogen-bond donors (Lipinski definition) is 2. The molecule has 0 bridgehead atoms. The molecule has 2 N–H and O–H groups in total. The first kappa shape index (κ1) is 17.4. The number of carbonyl (C=O) groups excluding carboxylic acids is 1. The fraction of sp³-hybridized carbons (Fsp3) is 0.412. The van der Waals surface area contributed by atoms with E-state index < -0.39 is 0 Å². The number of halogens is 1. The molecule has 1 aromatic heterocycles. The van der Waals surface area contributed by atoms with Crippen LogP contribution in [0.1, 0.15) is 49.1 Å². The first-order valence-electron chi connectivity index (χ1n) is 8.02. The number of aromatic amines is 1. The normalized spacial score (nSPS) is 18.6. The Hall–Kier alpha value is -1.47. The minimum absolute atomic E-state index is 0.0719. The van der Waals surface area contributed by atoms with E-state index in [4.69, 9.17) is 0 Å². The third-order valence-corrected chi connectivity index (χ3v) is 5.98. The minimum atomic E-state index is -0.161. The summed E-state index contributed by atoms with van der Waals surface area (Å²) in [6, 6.07) is 8.03. The van der Waals surface area contributed by atoms with Gasteiger partial charge in [0.25, 0.3) is 5.56 Å². The van der Waals surface area contributed by atoms with E-state index in [1.807, 2.05) is 28.9 Å². The predicted molar refractivity (Wildman–Crippen MR) is 102 cm³/mol. The molecule has 128 valence electrons. The zero-order valence-corrected chi connectivity index (χ0v) is 16.0. The van der Waals surface area contributed by atoms with Gasteiger partial charge in [-0.15, -0.1) is 11.8 Å². The maximum atomic E-state index is 12.7. The molecular weight excluding hydrogens is 390 g/mol. The summed E-state index contributed by atoms with van der Waals surface area (Å²) in [5.74, 6) is 0.873. The molecule has 2 aromatic rings. The molecule has 0 radical (unpaired) electrons. The molecule has 24 heavy (non-hydrogen) atoms. The number of nitrogens with one attached hydrogen (secondary N) is 2. The Morgan fingerprint density at radius 2 is 2.04 bits per heavy atom. The van der Waals surface area contributed by atoms with Gasteiger partial charge >= 0.3 is 0 Å². The number of hydrogen-bond acceptors (Lipinski definition) is 3. The molecule has 2 heterocycles. The Labute approximate surface area is 153 Å². The van der Waals surface area contributed by atoms with Crippen molar-refractivity contribution >= 4 is 39.4 Å². The number of carbonyl (C=O) groups is 1. The maximum absolute atomic E-state index is 12.7. The summed E-state index contributed by atoms with van der Waals surface area (Å²) in [6.45, 7) is 4.16. The Bertz CT molecular complexity index is 797. The van der Waals surface area contributed by atoms with Crippen LogP contribution in [0.25, 0.3) is 0 Å². The van der Waals surface area contributed by atoms with Gasteiger partial charge in [-0.25, -0.2) is 0 Å². The number of fused-ring (bicyclic) bond motifs is 1. The highest BCUT2D eigenvalue weighted by Crippen LogP contribution is 2.40. The third-order valence-electron chi connectivity index (χ3n) is 4.18. The van der Waals surface area contributed by atoms with Crippen LogP contribution in [0, 0.1) is 0 Å². The van der Waals surface area contributed by atoms with Gasteiger partial charge in [-0.3, -0.25) is 19.4 Å². The summed E-state index contributed by atoms with van der Waals surface area (Å²) in [5.41, 5.74) is 1.53. The Morgan fingerprint density at radius 1 is 1.33 bits per heavy atom. The number of H-pyrrole nitrogens is 1. The minimum Gasteiger partial charge on any atom is -0.310 e. The molecule has 0 saturated carbocycles. The van der Waals surface area contributed by atoms with Crippen LogP contribution in [0.3, 0.4) is 0 Å². The summed E-state index contributed by atoms with van der Waals surface area (Å²) in [6.07, 6.45) is 1.94. The number of amides is 1. The molecule has 1 aliphatic rings. The Kier molecular flexibility index (Phi) is 5.20. The van der Waals surface area contributed by atoms with E-state index in [9.17, 15) is 9.59 Å². The number of anilines is 1. The lowest BCUT2D eigenvalue weighted by Gasteiger charge is -2.17. The van der Waals surface area contributed by atoms with Crippen LogP contribution < -0.4 is 10.9 Å². The van der Waals surface area contributed by atoms with Gasteiger partial charge in [-0.1, -0.05) is 41.4 Å². The van der Waals surface area contributed by atoms with Gasteiger partial charge in [0.05, 0.1) is 16.6 Å². The molecule has 1 aromatic carbocycles. The fourth-order valence-electron chi connectivity index (χ4n) is 3.02. The molecule has 3 rings (SSSR count). The predicted octanol–water partition coefficient (Wildman–Crippen LogP) is 4.07. The van der Waals surface area contributed by atoms with Crippen LogP contribution in [0.5, 0.6) is 0 Å².